The van der Waals surface area contributed by atoms with Gasteiger partial charge in [0.05, 0.1) is 0 Å². The molecule has 0 bridgehead atoms. The number of urea groups is 1. The molecule has 5 heteroatoms. The van der Waals surface area contributed by atoms with E-state index in [1.54, 1.807) is 4.90 Å². The summed E-state index contributed by atoms with van der Waals surface area (Å²) in [7, 11) is 0. The van der Waals surface area contributed by atoms with Crippen molar-refractivity contribution in [2.75, 3.05) is 13.1 Å². The van der Waals surface area contributed by atoms with Gasteiger partial charge in [-0.25, -0.2) is 9.59 Å². The minimum absolute atomic E-state index is 0.0329. The van der Waals surface area contributed by atoms with Crippen LogP contribution in [0.3, 0.4) is 0 Å². The average Bonchev–Trinajstić information content (AvgIpc) is 2.66. The summed E-state index contributed by atoms with van der Waals surface area (Å²) in [6.07, 6.45) is 2.79. The van der Waals surface area contributed by atoms with E-state index in [0.29, 0.717) is 12.5 Å². The van der Waals surface area contributed by atoms with E-state index in [1.807, 2.05) is 18.7 Å². The molecule has 5 nitrogen and oxygen atoms in total. The first-order valence-corrected chi connectivity index (χ1v) is 7.21. The van der Waals surface area contributed by atoms with Crippen LogP contribution in [0.4, 0.5) is 4.79 Å². The first kappa shape index (κ1) is 14.2. The molecule has 19 heavy (non-hydrogen) atoms. The lowest BCUT2D eigenvalue weighted by Crippen LogP contribution is -2.56. The Morgan fingerprint density at radius 2 is 1.84 bits per heavy atom. The van der Waals surface area contributed by atoms with Gasteiger partial charge in [-0.2, -0.15) is 0 Å². The van der Waals surface area contributed by atoms with Gasteiger partial charge in [0.2, 0.25) is 0 Å². The molecule has 2 saturated heterocycles. The predicted molar refractivity (Wildman–Crippen MR) is 71.9 cm³/mol. The highest BCUT2D eigenvalue weighted by Gasteiger charge is 2.41. The van der Waals surface area contributed by atoms with E-state index < -0.39 is 12.0 Å². The van der Waals surface area contributed by atoms with Gasteiger partial charge in [0.15, 0.2) is 0 Å². The Labute approximate surface area is 114 Å². The summed E-state index contributed by atoms with van der Waals surface area (Å²) in [6, 6.07) is -0.533. The molecule has 0 radical (unpaired) electrons. The van der Waals surface area contributed by atoms with Gasteiger partial charge in [0, 0.05) is 19.1 Å². The summed E-state index contributed by atoms with van der Waals surface area (Å²) in [4.78, 5) is 27.5. The summed E-state index contributed by atoms with van der Waals surface area (Å²) >= 11 is 0. The third-order valence-electron chi connectivity index (χ3n) is 4.46. The molecule has 2 heterocycles. The third kappa shape index (κ3) is 2.69. The molecule has 0 spiro atoms. The van der Waals surface area contributed by atoms with Crippen LogP contribution in [0, 0.1) is 11.8 Å². The molecule has 2 rings (SSSR count). The normalized spacial score (nSPS) is 35.5. The molecule has 0 aromatic heterocycles. The maximum absolute atomic E-state index is 12.6. The number of rotatable bonds is 1. The number of nitrogens with zero attached hydrogens (tertiary/aromatic N) is 2. The number of likely N-dealkylation sites (tertiary alicyclic amines) is 2. The van der Waals surface area contributed by atoms with Crippen LogP contribution < -0.4 is 0 Å². The Balaban J connectivity index is 2.14. The Morgan fingerprint density at radius 1 is 1.16 bits per heavy atom. The molecule has 4 unspecified atom stereocenters. The molecular formula is C14H24N2O3. The number of carboxylic acid groups (broad SMARTS) is 1. The minimum atomic E-state index is -0.875. The fourth-order valence-corrected chi connectivity index (χ4v) is 3.51. The van der Waals surface area contributed by atoms with E-state index in [9.17, 15) is 14.7 Å². The summed E-state index contributed by atoms with van der Waals surface area (Å²) in [5.74, 6) is -0.338. The monoisotopic (exact) mass is 268 g/mol. The lowest BCUT2D eigenvalue weighted by atomic mass is 9.91. The van der Waals surface area contributed by atoms with Gasteiger partial charge in [0.25, 0.3) is 0 Å². The fraction of sp³-hybridized carbons (Fsp3) is 0.857. The fourth-order valence-electron chi connectivity index (χ4n) is 3.51. The zero-order valence-electron chi connectivity index (χ0n) is 12.0. The number of aliphatic carboxylic acids is 1. The van der Waals surface area contributed by atoms with Crippen molar-refractivity contribution < 1.29 is 14.7 Å². The van der Waals surface area contributed by atoms with E-state index in [1.165, 1.54) is 0 Å². The molecule has 0 aliphatic carbocycles. The van der Waals surface area contributed by atoms with Crippen molar-refractivity contribution in [3.8, 4) is 0 Å². The number of carbonyl (C=O) groups excluding carboxylic acids is 1. The average molecular weight is 268 g/mol. The Bertz CT molecular complexity index is 372. The second-order valence-electron chi connectivity index (χ2n) is 6.22. The largest absolute Gasteiger partial charge is 0.480 e. The van der Waals surface area contributed by atoms with Crippen LogP contribution in [0.5, 0.6) is 0 Å². The van der Waals surface area contributed by atoms with Crippen LogP contribution in [-0.4, -0.2) is 52.1 Å². The van der Waals surface area contributed by atoms with Crippen LogP contribution in [0.2, 0.25) is 0 Å². The molecule has 2 aliphatic heterocycles. The van der Waals surface area contributed by atoms with Crippen LogP contribution in [0.15, 0.2) is 0 Å². The molecule has 0 aromatic rings. The van der Waals surface area contributed by atoms with Gasteiger partial charge in [0.1, 0.15) is 6.04 Å². The van der Waals surface area contributed by atoms with Crippen molar-refractivity contribution in [2.45, 2.75) is 52.1 Å². The highest BCUT2D eigenvalue weighted by molar-refractivity contribution is 5.83. The maximum atomic E-state index is 12.6. The van der Waals surface area contributed by atoms with Gasteiger partial charge in [-0.05, 0) is 38.0 Å². The van der Waals surface area contributed by atoms with E-state index in [2.05, 4.69) is 6.92 Å². The van der Waals surface area contributed by atoms with Gasteiger partial charge in [-0.3, -0.25) is 0 Å². The molecule has 108 valence electrons. The summed E-state index contributed by atoms with van der Waals surface area (Å²) in [5, 5.41) is 9.38. The Morgan fingerprint density at radius 3 is 2.37 bits per heavy atom. The summed E-state index contributed by atoms with van der Waals surface area (Å²) < 4.78 is 0. The van der Waals surface area contributed by atoms with E-state index in [0.717, 1.165) is 25.8 Å². The van der Waals surface area contributed by atoms with Gasteiger partial charge < -0.3 is 14.9 Å². The quantitative estimate of drug-likeness (QED) is 0.791. The molecule has 1 N–H and O–H groups in total. The van der Waals surface area contributed by atoms with Gasteiger partial charge in [-0.15, -0.1) is 0 Å². The number of piperidine rings is 1. The topological polar surface area (TPSA) is 60.9 Å². The van der Waals surface area contributed by atoms with Crippen LogP contribution >= 0.6 is 0 Å². The molecule has 2 amide bonds. The van der Waals surface area contributed by atoms with Crippen molar-refractivity contribution in [3.63, 3.8) is 0 Å². The highest BCUT2D eigenvalue weighted by atomic mass is 16.4. The standard InChI is InChI=1S/C14H24N2O3/c1-9-7-11(3)16(8-9)14(19)15-6-4-5-10(2)12(15)13(17)18/h9-12H,4-8H2,1-3H3,(H,17,18). The van der Waals surface area contributed by atoms with Crippen LogP contribution in [-0.2, 0) is 4.79 Å². The van der Waals surface area contributed by atoms with E-state index in [-0.39, 0.29) is 18.0 Å². The summed E-state index contributed by atoms with van der Waals surface area (Å²) in [5.41, 5.74) is 0. The van der Waals surface area contributed by atoms with Crippen molar-refractivity contribution in [3.05, 3.63) is 0 Å². The second kappa shape index (κ2) is 5.39. The lowest BCUT2D eigenvalue weighted by molar-refractivity contribution is -0.145. The van der Waals surface area contributed by atoms with E-state index >= 15 is 0 Å². The number of carboxylic acids is 1. The third-order valence-corrected chi connectivity index (χ3v) is 4.46. The molecular weight excluding hydrogens is 244 g/mol. The number of carbonyl (C=O) groups is 2. The molecule has 2 aliphatic rings. The van der Waals surface area contributed by atoms with Crippen LogP contribution in [0.25, 0.3) is 0 Å². The predicted octanol–water partition coefficient (Wildman–Crippen LogP) is 2.02. The van der Waals surface area contributed by atoms with Crippen LogP contribution in [0.1, 0.15) is 40.0 Å². The van der Waals surface area contributed by atoms with Crippen molar-refractivity contribution in [1.29, 1.82) is 0 Å². The van der Waals surface area contributed by atoms with Crippen molar-refractivity contribution in [1.82, 2.24) is 9.80 Å². The molecule has 4 atom stereocenters. The second-order valence-corrected chi connectivity index (χ2v) is 6.22. The summed E-state index contributed by atoms with van der Waals surface area (Å²) in [6.45, 7) is 7.42. The van der Waals surface area contributed by atoms with E-state index in [4.69, 9.17) is 0 Å². The molecule has 0 aromatic carbocycles. The SMILES string of the molecule is CC1CC(C)N(C(=O)N2CCCC(C)C2C(=O)O)C1. The number of hydrogen-bond donors (Lipinski definition) is 1. The molecule has 2 fully saturated rings. The first-order chi connectivity index (χ1) is 8.91. The number of amides is 2. The minimum Gasteiger partial charge on any atom is -0.480 e. The maximum Gasteiger partial charge on any atom is 0.326 e. The number of hydrogen-bond acceptors (Lipinski definition) is 2. The lowest BCUT2D eigenvalue weighted by Gasteiger charge is -2.40. The first-order valence-electron chi connectivity index (χ1n) is 7.21. The highest BCUT2D eigenvalue weighted by Crippen LogP contribution is 2.28. The zero-order chi connectivity index (χ0) is 14.2. The van der Waals surface area contributed by atoms with Crippen molar-refractivity contribution in [2.24, 2.45) is 11.8 Å². The Hall–Kier alpha value is -1.26. The zero-order valence-corrected chi connectivity index (χ0v) is 12.0. The molecule has 0 saturated carbocycles. The van der Waals surface area contributed by atoms with Crippen molar-refractivity contribution >= 4 is 12.0 Å². The smallest absolute Gasteiger partial charge is 0.326 e. The van der Waals surface area contributed by atoms with Gasteiger partial charge in [-0.1, -0.05) is 13.8 Å². The Kier molecular flexibility index (Phi) is 4.02. The van der Waals surface area contributed by atoms with Gasteiger partial charge >= 0.3 is 12.0 Å².